The molecule has 0 aliphatic heterocycles. The van der Waals surface area contributed by atoms with Crippen LogP contribution in [0.15, 0.2) is 6.20 Å². The van der Waals surface area contributed by atoms with Crippen LogP contribution in [0.4, 0.5) is 11.5 Å². The zero-order chi connectivity index (χ0) is 11.4. The Kier molecular flexibility index (Phi) is 3.96. The van der Waals surface area contributed by atoms with Gasteiger partial charge < -0.3 is 16.2 Å². The Morgan fingerprint density at radius 1 is 1.60 bits per heavy atom. The molecule has 0 spiro atoms. The third-order valence-electron chi connectivity index (χ3n) is 2.42. The van der Waals surface area contributed by atoms with E-state index in [4.69, 9.17) is 10.8 Å². The molecule has 1 rings (SSSR count). The molecule has 5 nitrogen and oxygen atoms in total. The lowest BCUT2D eigenvalue weighted by Crippen LogP contribution is -2.27. The molecule has 15 heavy (non-hydrogen) atoms. The third-order valence-corrected chi connectivity index (χ3v) is 2.42. The van der Waals surface area contributed by atoms with Crippen molar-refractivity contribution in [1.82, 2.24) is 9.78 Å². The van der Waals surface area contributed by atoms with Crippen molar-refractivity contribution in [2.45, 2.75) is 26.3 Å². The minimum Gasteiger partial charge on any atom is -0.396 e. The number of aromatic nitrogens is 2. The summed E-state index contributed by atoms with van der Waals surface area (Å²) in [5, 5.41) is 16.4. The molecule has 1 unspecified atom stereocenters. The van der Waals surface area contributed by atoms with Gasteiger partial charge in [0.25, 0.3) is 0 Å². The highest BCUT2D eigenvalue weighted by molar-refractivity contribution is 5.60. The fourth-order valence-corrected chi connectivity index (χ4v) is 1.51. The summed E-state index contributed by atoms with van der Waals surface area (Å²) < 4.78 is 1.67. The van der Waals surface area contributed by atoms with Crippen molar-refractivity contribution in [3.8, 4) is 0 Å². The number of rotatable bonds is 5. The van der Waals surface area contributed by atoms with Crippen LogP contribution in [-0.4, -0.2) is 27.5 Å². The quantitative estimate of drug-likeness (QED) is 0.675. The average molecular weight is 212 g/mol. The predicted octanol–water partition coefficient (Wildman–Crippen LogP) is 0.821. The summed E-state index contributed by atoms with van der Waals surface area (Å²) in [5.74, 6) is 1.13. The van der Waals surface area contributed by atoms with Crippen LogP contribution in [0.2, 0.25) is 0 Å². The molecule has 1 heterocycles. The maximum absolute atomic E-state index is 8.94. The minimum atomic E-state index is 0.169. The van der Waals surface area contributed by atoms with Crippen molar-refractivity contribution < 1.29 is 5.11 Å². The SMILES string of the molecule is CC(C)C(CCO)Nc1nn(C)cc1N. The largest absolute Gasteiger partial charge is 0.396 e. The number of hydrogen-bond donors (Lipinski definition) is 3. The summed E-state index contributed by atoms with van der Waals surface area (Å²) in [7, 11) is 1.83. The van der Waals surface area contributed by atoms with Gasteiger partial charge in [0.1, 0.15) is 0 Å². The lowest BCUT2D eigenvalue weighted by Gasteiger charge is -2.21. The Morgan fingerprint density at radius 3 is 2.67 bits per heavy atom. The van der Waals surface area contributed by atoms with Gasteiger partial charge in [-0.25, -0.2) is 0 Å². The fraction of sp³-hybridized carbons (Fsp3) is 0.700. The number of aliphatic hydroxyl groups is 1. The Balaban J connectivity index is 2.69. The Morgan fingerprint density at radius 2 is 2.27 bits per heavy atom. The molecule has 0 aliphatic rings. The van der Waals surface area contributed by atoms with Crippen molar-refractivity contribution in [1.29, 1.82) is 0 Å². The molecule has 0 fully saturated rings. The molecule has 0 radical (unpaired) electrons. The van der Waals surface area contributed by atoms with Gasteiger partial charge in [-0.3, -0.25) is 4.68 Å². The molecule has 0 saturated heterocycles. The van der Waals surface area contributed by atoms with Crippen molar-refractivity contribution >= 4 is 11.5 Å². The zero-order valence-corrected chi connectivity index (χ0v) is 9.57. The highest BCUT2D eigenvalue weighted by Crippen LogP contribution is 2.19. The van der Waals surface area contributed by atoms with Gasteiger partial charge in [-0.1, -0.05) is 13.8 Å². The molecule has 0 amide bonds. The fourth-order valence-electron chi connectivity index (χ4n) is 1.51. The number of anilines is 2. The summed E-state index contributed by atoms with van der Waals surface area (Å²) in [5.41, 5.74) is 6.42. The van der Waals surface area contributed by atoms with Crippen molar-refractivity contribution in [3.05, 3.63) is 6.20 Å². The predicted molar refractivity (Wildman–Crippen MR) is 61.6 cm³/mol. The first-order valence-corrected chi connectivity index (χ1v) is 5.21. The average Bonchev–Trinajstić information content (AvgIpc) is 2.44. The molecule has 1 aromatic heterocycles. The monoisotopic (exact) mass is 212 g/mol. The van der Waals surface area contributed by atoms with Crippen LogP contribution in [-0.2, 0) is 7.05 Å². The summed E-state index contributed by atoms with van der Waals surface area (Å²) >= 11 is 0. The van der Waals surface area contributed by atoms with Gasteiger partial charge in [0.05, 0.1) is 5.69 Å². The molecule has 0 saturated carbocycles. The van der Waals surface area contributed by atoms with Crippen LogP contribution in [0.25, 0.3) is 0 Å². The molecule has 0 aromatic carbocycles. The third kappa shape index (κ3) is 3.13. The summed E-state index contributed by atoms with van der Waals surface area (Å²) in [6.07, 6.45) is 2.46. The van der Waals surface area contributed by atoms with Crippen LogP contribution in [0.1, 0.15) is 20.3 Å². The maximum atomic E-state index is 8.94. The first-order valence-electron chi connectivity index (χ1n) is 5.21. The van der Waals surface area contributed by atoms with E-state index in [9.17, 15) is 0 Å². The molecule has 0 bridgehead atoms. The van der Waals surface area contributed by atoms with Crippen molar-refractivity contribution in [2.75, 3.05) is 17.7 Å². The van der Waals surface area contributed by atoms with E-state index in [1.165, 1.54) is 0 Å². The second-order valence-corrected chi connectivity index (χ2v) is 4.11. The molecule has 4 N–H and O–H groups in total. The van der Waals surface area contributed by atoms with Gasteiger partial charge in [-0.15, -0.1) is 0 Å². The minimum absolute atomic E-state index is 0.169. The number of nitrogens with zero attached hydrogens (tertiary/aromatic N) is 2. The van der Waals surface area contributed by atoms with Gasteiger partial charge in [-0.2, -0.15) is 5.10 Å². The molecule has 1 atom stereocenters. The van der Waals surface area contributed by atoms with Crippen LogP contribution >= 0.6 is 0 Å². The molecule has 5 heteroatoms. The molecule has 1 aromatic rings. The topological polar surface area (TPSA) is 76.1 Å². The van der Waals surface area contributed by atoms with E-state index in [1.807, 2.05) is 7.05 Å². The molecular weight excluding hydrogens is 192 g/mol. The second-order valence-electron chi connectivity index (χ2n) is 4.11. The number of nitrogens with one attached hydrogen (secondary N) is 1. The first-order chi connectivity index (χ1) is 7.04. The van der Waals surface area contributed by atoms with E-state index in [0.717, 1.165) is 0 Å². The molecule has 86 valence electrons. The summed E-state index contributed by atoms with van der Waals surface area (Å²) in [6, 6.07) is 0.201. The number of nitrogens with two attached hydrogens (primary N) is 1. The number of aliphatic hydroxyl groups excluding tert-OH is 1. The van der Waals surface area contributed by atoms with Gasteiger partial charge in [0, 0.05) is 25.9 Å². The van der Waals surface area contributed by atoms with E-state index >= 15 is 0 Å². The van der Waals surface area contributed by atoms with Gasteiger partial charge in [-0.05, 0) is 12.3 Å². The van der Waals surface area contributed by atoms with E-state index in [0.29, 0.717) is 23.8 Å². The number of aryl methyl sites for hydroxylation is 1. The lowest BCUT2D eigenvalue weighted by atomic mass is 10.0. The Hall–Kier alpha value is -1.23. The Labute approximate surface area is 90.3 Å². The van der Waals surface area contributed by atoms with E-state index < -0.39 is 0 Å². The maximum Gasteiger partial charge on any atom is 0.171 e. The van der Waals surface area contributed by atoms with Gasteiger partial charge in [0.2, 0.25) is 0 Å². The standard InChI is InChI=1S/C10H20N4O/c1-7(2)9(4-5-15)12-10-8(11)6-14(3)13-10/h6-7,9,15H,4-5,11H2,1-3H3,(H,12,13). The van der Waals surface area contributed by atoms with Crippen molar-refractivity contribution in [2.24, 2.45) is 13.0 Å². The zero-order valence-electron chi connectivity index (χ0n) is 9.57. The molecule has 0 aliphatic carbocycles. The second kappa shape index (κ2) is 5.02. The Bertz CT molecular complexity index is 308. The van der Waals surface area contributed by atoms with Crippen LogP contribution in [0, 0.1) is 5.92 Å². The normalized spacial score (nSPS) is 13.1. The smallest absolute Gasteiger partial charge is 0.171 e. The van der Waals surface area contributed by atoms with Crippen molar-refractivity contribution in [3.63, 3.8) is 0 Å². The summed E-state index contributed by atoms with van der Waals surface area (Å²) in [6.45, 7) is 4.38. The highest BCUT2D eigenvalue weighted by Gasteiger charge is 2.15. The van der Waals surface area contributed by atoms with Crippen LogP contribution in [0.5, 0.6) is 0 Å². The van der Waals surface area contributed by atoms with Gasteiger partial charge >= 0.3 is 0 Å². The molecular formula is C10H20N4O. The van der Waals surface area contributed by atoms with Crippen LogP contribution in [0.3, 0.4) is 0 Å². The van der Waals surface area contributed by atoms with E-state index in [-0.39, 0.29) is 12.6 Å². The lowest BCUT2D eigenvalue weighted by molar-refractivity contribution is 0.267. The van der Waals surface area contributed by atoms with E-state index in [1.54, 1.807) is 10.9 Å². The van der Waals surface area contributed by atoms with Gasteiger partial charge in [0.15, 0.2) is 5.82 Å². The van der Waals surface area contributed by atoms with Crippen LogP contribution < -0.4 is 11.1 Å². The summed E-state index contributed by atoms with van der Waals surface area (Å²) in [4.78, 5) is 0. The highest BCUT2D eigenvalue weighted by atomic mass is 16.3. The number of hydrogen-bond acceptors (Lipinski definition) is 4. The van der Waals surface area contributed by atoms with E-state index in [2.05, 4.69) is 24.3 Å². The first kappa shape index (κ1) is 11.8. The number of nitrogen functional groups attached to an aromatic ring is 1.